The van der Waals surface area contributed by atoms with Crippen molar-refractivity contribution in [2.75, 3.05) is 24.9 Å². The van der Waals surface area contributed by atoms with E-state index in [0.717, 1.165) is 37.3 Å². The lowest BCUT2D eigenvalue weighted by molar-refractivity contribution is 0.0602. The third-order valence-corrected chi connectivity index (χ3v) is 6.51. The van der Waals surface area contributed by atoms with E-state index in [1.54, 1.807) is 17.0 Å². The van der Waals surface area contributed by atoms with Crippen LogP contribution in [0.4, 0.5) is 5.69 Å². The molecule has 0 saturated carbocycles. The van der Waals surface area contributed by atoms with E-state index in [1.165, 1.54) is 30.7 Å². The number of hydrogen-bond donors (Lipinski definition) is 1. The number of nitrogens with one attached hydrogen (secondary N) is 1. The Labute approximate surface area is 155 Å². The summed E-state index contributed by atoms with van der Waals surface area (Å²) in [5, 5.41) is 1.51. The molecule has 0 spiro atoms. The van der Waals surface area contributed by atoms with Gasteiger partial charge in [-0.25, -0.2) is 13.2 Å². The van der Waals surface area contributed by atoms with E-state index < -0.39 is 16.0 Å². The first-order chi connectivity index (χ1) is 12.4. The number of ether oxygens (including phenoxy) is 1. The maximum atomic E-state index is 12.5. The maximum Gasteiger partial charge on any atom is 0.349 e. The Morgan fingerprint density at radius 1 is 1.12 bits per heavy atom. The third-order valence-electron chi connectivity index (χ3n) is 4.07. The van der Waals surface area contributed by atoms with Crippen LogP contribution in [-0.4, -0.2) is 45.4 Å². The van der Waals surface area contributed by atoms with Gasteiger partial charge in [0.1, 0.15) is 9.77 Å². The Bertz CT molecular complexity index is 913. The average Bonchev–Trinajstić information content (AvgIpc) is 3.32. The molecule has 1 aliphatic rings. The number of methoxy groups -OCH3 is 1. The number of benzene rings is 1. The van der Waals surface area contributed by atoms with E-state index in [-0.39, 0.29) is 15.7 Å². The molecule has 3 rings (SSSR count). The van der Waals surface area contributed by atoms with Gasteiger partial charge >= 0.3 is 5.97 Å². The number of hydrogen-bond acceptors (Lipinski definition) is 6. The van der Waals surface area contributed by atoms with Crippen molar-refractivity contribution < 1.29 is 22.7 Å². The zero-order valence-corrected chi connectivity index (χ0v) is 15.7. The first-order valence-corrected chi connectivity index (χ1v) is 10.4. The van der Waals surface area contributed by atoms with Gasteiger partial charge < -0.3 is 9.64 Å². The summed E-state index contributed by atoms with van der Waals surface area (Å²) in [6.07, 6.45) is 2.01. The lowest BCUT2D eigenvalue weighted by atomic mass is 10.2. The molecule has 0 atom stereocenters. The second kappa shape index (κ2) is 7.46. The average molecular weight is 394 g/mol. The van der Waals surface area contributed by atoms with Gasteiger partial charge in [0.05, 0.1) is 7.11 Å². The highest BCUT2D eigenvalue weighted by atomic mass is 32.2. The fourth-order valence-electron chi connectivity index (χ4n) is 2.74. The van der Waals surface area contributed by atoms with Gasteiger partial charge in [0.15, 0.2) is 0 Å². The Kier molecular flexibility index (Phi) is 5.28. The zero-order chi connectivity index (χ0) is 18.7. The van der Waals surface area contributed by atoms with Crippen LogP contribution >= 0.6 is 11.3 Å². The second-order valence-corrected chi connectivity index (χ2v) is 8.35. The summed E-state index contributed by atoms with van der Waals surface area (Å²) in [5.41, 5.74) is 0.825. The fourth-order valence-corrected chi connectivity index (χ4v) is 5.14. The van der Waals surface area contributed by atoms with E-state index in [9.17, 15) is 18.0 Å². The molecule has 0 aliphatic carbocycles. The third kappa shape index (κ3) is 3.73. The standard InChI is InChI=1S/C17H18N2O5S2/c1-24-17(21)15-14(8-11-25-15)26(22,23)18-13-6-4-12(5-7-13)16(20)19-9-2-3-10-19/h4-8,11,18H,2-3,9-10H2,1H3. The summed E-state index contributed by atoms with van der Waals surface area (Å²) in [7, 11) is -2.74. The molecular formula is C17H18N2O5S2. The van der Waals surface area contributed by atoms with Crippen LogP contribution in [0.2, 0.25) is 0 Å². The Hall–Kier alpha value is -2.39. The van der Waals surface area contributed by atoms with Gasteiger partial charge in [-0.2, -0.15) is 0 Å². The number of rotatable bonds is 5. The van der Waals surface area contributed by atoms with Gasteiger partial charge in [-0.3, -0.25) is 9.52 Å². The molecule has 138 valence electrons. The van der Waals surface area contributed by atoms with Crippen LogP contribution in [0.25, 0.3) is 0 Å². The molecule has 0 bridgehead atoms. The van der Waals surface area contributed by atoms with E-state index >= 15 is 0 Å². The van der Waals surface area contributed by atoms with E-state index in [0.29, 0.717) is 11.3 Å². The highest BCUT2D eigenvalue weighted by Gasteiger charge is 2.25. The number of nitrogens with zero attached hydrogens (tertiary/aromatic N) is 1. The molecule has 0 unspecified atom stereocenters. The molecule has 7 nitrogen and oxygen atoms in total. The number of esters is 1. The van der Waals surface area contributed by atoms with Crippen LogP contribution in [0, 0.1) is 0 Å². The summed E-state index contributed by atoms with van der Waals surface area (Å²) in [6, 6.07) is 7.60. The molecule has 1 aromatic heterocycles. The van der Waals surface area contributed by atoms with Gasteiger partial charge in [-0.05, 0) is 48.6 Å². The molecule has 1 saturated heterocycles. The molecule has 0 radical (unpaired) electrons. The molecule has 2 aromatic rings. The van der Waals surface area contributed by atoms with Crippen LogP contribution < -0.4 is 4.72 Å². The van der Waals surface area contributed by atoms with Crippen molar-refractivity contribution in [1.29, 1.82) is 0 Å². The molecule has 9 heteroatoms. The van der Waals surface area contributed by atoms with Crippen LogP contribution in [0.15, 0.2) is 40.6 Å². The van der Waals surface area contributed by atoms with Gasteiger partial charge in [0.25, 0.3) is 15.9 Å². The topological polar surface area (TPSA) is 92.8 Å². The summed E-state index contributed by atoms with van der Waals surface area (Å²) in [5.74, 6) is -0.755. The van der Waals surface area contributed by atoms with Crippen molar-refractivity contribution in [1.82, 2.24) is 4.90 Å². The molecule has 1 fully saturated rings. The molecular weight excluding hydrogens is 376 g/mol. The number of carbonyl (C=O) groups is 2. The highest BCUT2D eigenvalue weighted by Crippen LogP contribution is 2.25. The molecule has 1 amide bonds. The summed E-state index contributed by atoms with van der Waals surface area (Å²) in [4.78, 5) is 25.7. The van der Waals surface area contributed by atoms with Gasteiger partial charge in [-0.15, -0.1) is 11.3 Å². The van der Waals surface area contributed by atoms with Crippen molar-refractivity contribution in [3.8, 4) is 0 Å². The molecule has 2 heterocycles. The van der Waals surface area contributed by atoms with Crippen molar-refractivity contribution in [2.45, 2.75) is 17.7 Å². The van der Waals surface area contributed by atoms with Crippen molar-refractivity contribution in [3.63, 3.8) is 0 Å². The van der Waals surface area contributed by atoms with Gasteiger partial charge in [0.2, 0.25) is 0 Å². The quantitative estimate of drug-likeness (QED) is 0.787. The van der Waals surface area contributed by atoms with E-state index in [2.05, 4.69) is 9.46 Å². The highest BCUT2D eigenvalue weighted by molar-refractivity contribution is 7.93. The minimum Gasteiger partial charge on any atom is -0.465 e. The number of carbonyl (C=O) groups excluding carboxylic acids is 2. The van der Waals surface area contributed by atoms with E-state index in [1.807, 2.05) is 0 Å². The predicted octanol–water partition coefficient (Wildman–Crippen LogP) is 2.57. The summed E-state index contributed by atoms with van der Waals surface area (Å²) < 4.78 is 32.1. The number of anilines is 1. The Balaban J connectivity index is 1.77. The molecule has 1 aromatic carbocycles. The fraction of sp³-hybridized carbons (Fsp3) is 0.294. The number of amides is 1. The lowest BCUT2D eigenvalue weighted by Crippen LogP contribution is -2.27. The normalized spacial score (nSPS) is 14.3. The van der Waals surface area contributed by atoms with Crippen molar-refractivity contribution in [3.05, 3.63) is 46.2 Å². The molecule has 1 N–H and O–H groups in total. The second-order valence-electron chi connectivity index (χ2n) is 5.79. The van der Waals surface area contributed by atoms with Crippen molar-refractivity contribution in [2.24, 2.45) is 0 Å². The number of likely N-dealkylation sites (tertiary alicyclic amines) is 1. The summed E-state index contributed by atoms with van der Waals surface area (Å²) >= 11 is 0.996. The minimum absolute atomic E-state index is 0.0147. The molecule has 1 aliphatic heterocycles. The first kappa shape index (κ1) is 18.4. The number of sulfonamides is 1. The number of thiophene rings is 1. The van der Waals surface area contributed by atoms with Crippen LogP contribution in [0.1, 0.15) is 32.9 Å². The van der Waals surface area contributed by atoms with Crippen molar-refractivity contribution >= 4 is 38.9 Å². The largest absolute Gasteiger partial charge is 0.465 e. The van der Waals surface area contributed by atoms with E-state index in [4.69, 9.17) is 0 Å². The van der Waals surface area contributed by atoms with Gasteiger partial charge in [0, 0.05) is 24.3 Å². The Morgan fingerprint density at radius 2 is 1.77 bits per heavy atom. The molecule has 26 heavy (non-hydrogen) atoms. The first-order valence-electron chi connectivity index (χ1n) is 8.00. The van der Waals surface area contributed by atoms with Crippen LogP contribution in [0.3, 0.4) is 0 Å². The smallest absolute Gasteiger partial charge is 0.349 e. The summed E-state index contributed by atoms with van der Waals surface area (Å²) in [6.45, 7) is 1.50. The lowest BCUT2D eigenvalue weighted by Gasteiger charge is -2.15. The van der Waals surface area contributed by atoms with Crippen LogP contribution in [0.5, 0.6) is 0 Å². The predicted molar refractivity (Wildman–Crippen MR) is 98.0 cm³/mol. The minimum atomic E-state index is -3.94. The van der Waals surface area contributed by atoms with Gasteiger partial charge in [-0.1, -0.05) is 0 Å². The Morgan fingerprint density at radius 3 is 2.38 bits per heavy atom. The maximum absolute atomic E-state index is 12.5. The monoisotopic (exact) mass is 394 g/mol. The zero-order valence-electron chi connectivity index (χ0n) is 14.1. The van der Waals surface area contributed by atoms with Crippen LogP contribution in [-0.2, 0) is 14.8 Å². The SMILES string of the molecule is COC(=O)c1sccc1S(=O)(=O)Nc1ccc(C(=O)N2CCCC2)cc1.